The monoisotopic (exact) mass is 340 g/mol. The van der Waals surface area contributed by atoms with Crippen molar-refractivity contribution in [1.29, 1.82) is 0 Å². The van der Waals surface area contributed by atoms with E-state index in [0.29, 0.717) is 10.0 Å². The topological polar surface area (TPSA) is 23.6 Å². The van der Waals surface area contributed by atoms with Crippen LogP contribution >= 0.6 is 15.9 Å². The quantitative estimate of drug-likeness (QED) is 0.844. The molecule has 0 bridgehead atoms. The zero-order chi connectivity index (χ0) is 14.1. The second-order valence-electron chi connectivity index (χ2n) is 5.66. The van der Waals surface area contributed by atoms with Crippen LogP contribution in [0.4, 0.5) is 4.39 Å². The molecular formula is C15H18BrFN2O. The third kappa shape index (κ3) is 3.20. The number of carbonyl (C=O) groups excluding carboxylic acids is 1. The number of rotatable bonds is 3. The van der Waals surface area contributed by atoms with Gasteiger partial charge in [0.15, 0.2) is 0 Å². The Balaban J connectivity index is 1.60. The van der Waals surface area contributed by atoms with Crippen LogP contribution in [0.3, 0.4) is 0 Å². The Labute approximate surface area is 126 Å². The molecule has 1 aliphatic heterocycles. The van der Waals surface area contributed by atoms with Crippen molar-refractivity contribution in [2.24, 2.45) is 5.92 Å². The minimum Gasteiger partial charge on any atom is -0.336 e. The summed E-state index contributed by atoms with van der Waals surface area (Å²) in [5.74, 6) is 0.550. The molecule has 0 atom stereocenters. The van der Waals surface area contributed by atoms with Crippen molar-refractivity contribution >= 4 is 21.8 Å². The first kappa shape index (κ1) is 14.0. The average molecular weight is 341 g/mol. The van der Waals surface area contributed by atoms with Gasteiger partial charge in [-0.2, -0.15) is 0 Å². The van der Waals surface area contributed by atoms with E-state index in [1.54, 1.807) is 6.07 Å². The molecule has 2 aliphatic rings. The molecule has 1 saturated carbocycles. The highest BCUT2D eigenvalue weighted by Crippen LogP contribution is 2.30. The SMILES string of the molecule is O=C(c1ccc(F)cc1Br)N1CCN(CC2CC2)CC1. The number of hydrogen-bond acceptors (Lipinski definition) is 2. The largest absolute Gasteiger partial charge is 0.336 e. The van der Waals surface area contributed by atoms with Crippen molar-refractivity contribution < 1.29 is 9.18 Å². The van der Waals surface area contributed by atoms with Crippen molar-refractivity contribution in [2.75, 3.05) is 32.7 Å². The van der Waals surface area contributed by atoms with Gasteiger partial charge < -0.3 is 4.90 Å². The van der Waals surface area contributed by atoms with Gasteiger partial charge in [0.05, 0.1) is 5.56 Å². The van der Waals surface area contributed by atoms with Gasteiger partial charge in [-0.3, -0.25) is 9.69 Å². The van der Waals surface area contributed by atoms with Gasteiger partial charge in [0.2, 0.25) is 0 Å². The highest BCUT2D eigenvalue weighted by molar-refractivity contribution is 9.10. The summed E-state index contributed by atoms with van der Waals surface area (Å²) in [6.45, 7) is 4.59. The van der Waals surface area contributed by atoms with Crippen molar-refractivity contribution in [1.82, 2.24) is 9.80 Å². The van der Waals surface area contributed by atoms with Gasteiger partial charge in [-0.05, 0) is 52.9 Å². The van der Waals surface area contributed by atoms with E-state index in [1.807, 2.05) is 4.90 Å². The minimum atomic E-state index is -0.331. The molecule has 0 unspecified atom stereocenters. The molecule has 1 aliphatic carbocycles. The number of carbonyl (C=O) groups is 1. The summed E-state index contributed by atoms with van der Waals surface area (Å²) in [5.41, 5.74) is 0.544. The summed E-state index contributed by atoms with van der Waals surface area (Å²) < 4.78 is 13.6. The molecule has 1 aromatic rings. The van der Waals surface area contributed by atoms with E-state index in [0.717, 1.165) is 32.1 Å². The van der Waals surface area contributed by atoms with Gasteiger partial charge >= 0.3 is 0 Å². The molecular weight excluding hydrogens is 323 g/mol. The molecule has 0 aromatic heterocycles. The smallest absolute Gasteiger partial charge is 0.255 e. The summed E-state index contributed by atoms with van der Waals surface area (Å²) in [6.07, 6.45) is 2.73. The van der Waals surface area contributed by atoms with Crippen LogP contribution in [-0.4, -0.2) is 48.4 Å². The molecule has 0 N–H and O–H groups in total. The van der Waals surface area contributed by atoms with Crippen LogP contribution in [0.5, 0.6) is 0 Å². The molecule has 1 aromatic carbocycles. The molecule has 1 saturated heterocycles. The summed E-state index contributed by atoms with van der Waals surface area (Å²) in [5, 5.41) is 0. The second-order valence-corrected chi connectivity index (χ2v) is 6.51. The fourth-order valence-electron chi connectivity index (χ4n) is 2.63. The van der Waals surface area contributed by atoms with Crippen LogP contribution in [0.1, 0.15) is 23.2 Å². The lowest BCUT2D eigenvalue weighted by atomic mass is 10.1. The number of piperazine rings is 1. The first-order valence-corrected chi connectivity index (χ1v) is 7.89. The third-order valence-corrected chi connectivity index (χ3v) is 4.69. The van der Waals surface area contributed by atoms with Gasteiger partial charge in [0.1, 0.15) is 5.82 Å². The van der Waals surface area contributed by atoms with E-state index >= 15 is 0 Å². The van der Waals surface area contributed by atoms with Gasteiger partial charge in [0, 0.05) is 37.2 Å². The number of halogens is 2. The minimum absolute atomic E-state index is 0.0112. The molecule has 3 rings (SSSR count). The summed E-state index contributed by atoms with van der Waals surface area (Å²) in [4.78, 5) is 16.7. The number of hydrogen-bond donors (Lipinski definition) is 0. The van der Waals surface area contributed by atoms with Gasteiger partial charge in [-0.1, -0.05) is 0 Å². The zero-order valence-corrected chi connectivity index (χ0v) is 12.9. The normalized spacial score (nSPS) is 20.2. The first-order valence-electron chi connectivity index (χ1n) is 7.10. The molecule has 3 nitrogen and oxygen atoms in total. The predicted octanol–water partition coefficient (Wildman–Crippen LogP) is 2.76. The Kier molecular flexibility index (Phi) is 4.08. The van der Waals surface area contributed by atoms with Gasteiger partial charge in [-0.15, -0.1) is 0 Å². The van der Waals surface area contributed by atoms with Crippen LogP contribution in [0.2, 0.25) is 0 Å². The molecule has 0 spiro atoms. The van der Waals surface area contributed by atoms with Crippen LogP contribution < -0.4 is 0 Å². The Morgan fingerprint density at radius 3 is 2.55 bits per heavy atom. The maximum Gasteiger partial charge on any atom is 0.255 e. The number of benzene rings is 1. The Hall–Kier alpha value is -0.940. The molecule has 1 amide bonds. The lowest BCUT2D eigenvalue weighted by Gasteiger charge is -2.35. The molecule has 0 radical (unpaired) electrons. The first-order chi connectivity index (χ1) is 9.63. The zero-order valence-electron chi connectivity index (χ0n) is 11.3. The summed E-state index contributed by atoms with van der Waals surface area (Å²) in [7, 11) is 0. The van der Waals surface area contributed by atoms with Crippen LogP contribution in [-0.2, 0) is 0 Å². The molecule has 1 heterocycles. The van der Waals surface area contributed by atoms with Crippen molar-refractivity contribution in [3.05, 3.63) is 34.1 Å². The van der Waals surface area contributed by atoms with Gasteiger partial charge in [-0.25, -0.2) is 4.39 Å². The lowest BCUT2D eigenvalue weighted by Crippen LogP contribution is -2.49. The van der Waals surface area contributed by atoms with Crippen molar-refractivity contribution in [2.45, 2.75) is 12.8 Å². The highest BCUT2D eigenvalue weighted by Gasteiger charge is 2.28. The summed E-state index contributed by atoms with van der Waals surface area (Å²) >= 11 is 3.27. The van der Waals surface area contributed by atoms with Crippen LogP contribution in [0.15, 0.2) is 22.7 Å². The standard InChI is InChI=1S/C15H18BrFN2O/c16-14-9-12(17)3-4-13(14)15(20)19-7-5-18(6-8-19)10-11-1-2-11/h3-4,9,11H,1-2,5-8,10H2. The molecule has 20 heavy (non-hydrogen) atoms. The lowest BCUT2D eigenvalue weighted by molar-refractivity contribution is 0.0631. The van der Waals surface area contributed by atoms with E-state index in [9.17, 15) is 9.18 Å². The maximum atomic E-state index is 13.1. The second kappa shape index (κ2) is 5.82. The fraction of sp³-hybridized carbons (Fsp3) is 0.533. The van der Waals surface area contributed by atoms with E-state index < -0.39 is 0 Å². The Morgan fingerprint density at radius 2 is 1.95 bits per heavy atom. The van der Waals surface area contributed by atoms with Gasteiger partial charge in [0.25, 0.3) is 5.91 Å². The van der Waals surface area contributed by atoms with E-state index in [1.165, 1.54) is 31.5 Å². The fourth-order valence-corrected chi connectivity index (χ4v) is 3.15. The van der Waals surface area contributed by atoms with E-state index in [4.69, 9.17) is 0 Å². The van der Waals surface area contributed by atoms with Crippen LogP contribution in [0, 0.1) is 11.7 Å². The van der Waals surface area contributed by atoms with Crippen molar-refractivity contribution in [3.63, 3.8) is 0 Å². The Morgan fingerprint density at radius 1 is 1.25 bits per heavy atom. The molecule has 108 valence electrons. The average Bonchev–Trinajstić information content (AvgIpc) is 3.23. The third-order valence-electron chi connectivity index (χ3n) is 4.03. The molecule has 5 heteroatoms. The number of amides is 1. The predicted molar refractivity (Wildman–Crippen MR) is 79.2 cm³/mol. The van der Waals surface area contributed by atoms with E-state index in [-0.39, 0.29) is 11.7 Å². The Bertz CT molecular complexity index is 511. The van der Waals surface area contributed by atoms with Crippen molar-refractivity contribution in [3.8, 4) is 0 Å². The number of nitrogens with zero attached hydrogens (tertiary/aromatic N) is 2. The molecule has 2 fully saturated rings. The summed E-state index contributed by atoms with van der Waals surface area (Å²) in [6, 6.07) is 4.23. The maximum absolute atomic E-state index is 13.1. The van der Waals surface area contributed by atoms with Crippen LogP contribution in [0.25, 0.3) is 0 Å². The highest BCUT2D eigenvalue weighted by atomic mass is 79.9. The van der Waals surface area contributed by atoms with E-state index in [2.05, 4.69) is 20.8 Å².